The van der Waals surface area contributed by atoms with E-state index in [2.05, 4.69) is 12.8 Å². The molecule has 2 fully saturated rings. The van der Waals surface area contributed by atoms with Crippen LogP contribution in [0.2, 0.25) is 0 Å². The fraction of sp³-hybridized carbons (Fsp3) is 0.750. The zero-order valence-electron chi connectivity index (χ0n) is 17.4. The van der Waals surface area contributed by atoms with Gasteiger partial charge in [0, 0.05) is 25.7 Å². The Bertz CT molecular complexity index is 759. The summed E-state index contributed by atoms with van der Waals surface area (Å²) in [5.41, 5.74) is 2.33. The van der Waals surface area contributed by atoms with Gasteiger partial charge in [0.15, 0.2) is 5.60 Å². The van der Waals surface area contributed by atoms with Crippen molar-refractivity contribution in [1.82, 2.24) is 0 Å². The molecule has 0 aliphatic heterocycles. The number of hydrogen-bond acceptors (Lipinski definition) is 4. The van der Waals surface area contributed by atoms with Crippen LogP contribution in [0, 0.1) is 35.5 Å². The Balaban J connectivity index is 1.57. The highest BCUT2D eigenvalue weighted by Crippen LogP contribution is 2.65. The lowest BCUT2D eigenvalue weighted by atomic mass is 9.52. The highest BCUT2D eigenvalue weighted by atomic mass is 16.6. The monoisotopic (exact) mass is 384 g/mol. The van der Waals surface area contributed by atoms with E-state index in [-0.39, 0.29) is 23.5 Å². The SMILES string of the molecule is C#C[C@]1(OC(C)=O)CC[C@H]2[C@@H]3CCC4=C(CCC(OC(C)=O)C4)[C@H]3CC[C@@]21C. The maximum absolute atomic E-state index is 11.8. The van der Waals surface area contributed by atoms with Crippen LogP contribution in [-0.4, -0.2) is 23.6 Å². The molecule has 0 bridgehead atoms. The average Bonchev–Trinajstić information content (AvgIpc) is 2.93. The molecule has 0 aromatic carbocycles. The van der Waals surface area contributed by atoms with E-state index in [1.54, 1.807) is 11.1 Å². The number of esters is 2. The summed E-state index contributed by atoms with van der Waals surface area (Å²) in [6.07, 6.45) is 15.2. The number of terminal acetylenes is 1. The van der Waals surface area contributed by atoms with E-state index < -0.39 is 5.60 Å². The lowest BCUT2D eigenvalue weighted by Gasteiger charge is -2.53. The molecular weight excluding hydrogens is 352 g/mol. The Hall–Kier alpha value is -1.76. The van der Waals surface area contributed by atoms with Gasteiger partial charge in [0.2, 0.25) is 0 Å². The summed E-state index contributed by atoms with van der Waals surface area (Å²) in [6.45, 7) is 5.25. The average molecular weight is 385 g/mol. The van der Waals surface area contributed by atoms with Crippen molar-refractivity contribution in [2.45, 2.75) is 90.3 Å². The van der Waals surface area contributed by atoms with Gasteiger partial charge in [0.05, 0.1) is 0 Å². The van der Waals surface area contributed by atoms with Gasteiger partial charge in [-0.2, -0.15) is 0 Å². The van der Waals surface area contributed by atoms with Crippen LogP contribution in [0.4, 0.5) is 0 Å². The summed E-state index contributed by atoms with van der Waals surface area (Å²) in [4.78, 5) is 23.1. The van der Waals surface area contributed by atoms with Gasteiger partial charge in [-0.05, 0) is 69.1 Å². The van der Waals surface area contributed by atoms with Gasteiger partial charge in [-0.1, -0.05) is 24.0 Å². The number of rotatable bonds is 2. The normalized spacial score (nSPS) is 41.9. The summed E-state index contributed by atoms with van der Waals surface area (Å²) in [6, 6.07) is 0. The molecule has 6 atom stereocenters. The first-order valence-electron chi connectivity index (χ1n) is 10.8. The lowest BCUT2D eigenvalue weighted by Crippen LogP contribution is -2.52. The number of carbonyl (C=O) groups is 2. The van der Waals surface area contributed by atoms with Crippen LogP contribution in [0.3, 0.4) is 0 Å². The second-order valence-corrected chi connectivity index (χ2v) is 9.58. The van der Waals surface area contributed by atoms with Crippen molar-refractivity contribution >= 4 is 11.9 Å². The standard InChI is InChI=1S/C24H32O4/c1-5-24(28-16(3)26)13-11-22-21-8-6-17-14-18(27-15(2)25)7-9-19(17)20(21)10-12-23(22,24)4/h1,18,20-22H,6-14H2,2-4H3/t18?,20-,21-,22+,23+,24+/m1/s1. The van der Waals surface area contributed by atoms with Gasteiger partial charge in [-0.25, -0.2) is 0 Å². The Labute approximate surface area is 168 Å². The molecular formula is C24H32O4. The van der Waals surface area contributed by atoms with E-state index in [1.807, 2.05) is 0 Å². The molecule has 4 aliphatic carbocycles. The van der Waals surface area contributed by atoms with Crippen molar-refractivity contribution < 1.29 is 19.1 Å². The topological polar surface area (TPSA) is 52.6 Å². The van der Waals surface area contributed by atoms with Crippen molar-refractivity contribution in [3.63, 3.8) is 0 Å². The highest BCUT2D eigenvalue weighted by Gasteiger charge is 2.63. The van der Waals surface area contributed by atoms with Gasteiger partial charge < -0.3 is 9.47 Å². The molecule has 4 aliphatic rings. The Morgan fingerprint density at radius 2 is 1.86 bits per heavy atom. The summed E-state index contributed by atoms with van der Waals surface area (Å²) in [5.74, 6) is 4.27. The highest BCUT2D eigenvalue weighted by molar-refractivity contribution is 5.67. The maximum atomic E-state index is 11.8. The minimum absolute atomic E-state index is 0.0613. The summed E-state index contributed by atoms with van der Waals surface area (Å²) < 4.78 is 11.3. The van der Waals surface area contributed by atoms with Gasteiger partial charge in [0.1, 0.15) is 6.10 Å². The maximum Gasteiger partial charge on any atom is 0.304 e. The molecule has 4 heteroatoms. The largest absolute Gasteiger partial charge is 0.462 e. The first-order valence-corrected chi connectivity index (χ1v) is 10.8. The second kappa shape index (κ2) is 6.94. The van der Waals surface area contributed by atoms with Crippen LogP contribution in [0.1, 0.15) is 78.6 Å². The molecule has 0 amide bonds. The Morgan fingerprint density at radius 1 is 1.07 bits per heavy atom. The van der Waals surface area contributed by atoms with Crippen molar-refractivity contribution in [2.24, 2.45) is 23.2 Å². The third-order valence-corrected chi connectivity index (χ3v) is 8.33. The van der Waals surface area contributed by atoms with Crippen molar-refractivity contribution in [3.8, 4) is 12.3 Å². The van der Waals surface area contributed by atoms with Crippen molar-refractivity contribution in [3.05, 3.63) is 11.1 Å². The smallest absolute Gasteiger partial charge is 0.304 e. The van der Waals surface area contributed by atoms with E-state index in [1.165, 1.54) is 20.3 Å². The van der Waals surface area contributed by atoms with E-state index in [9.17, 15) is 9.59 Å². The predicted octanol–water partition coefficient (Wildman–Crippen LogP) is 4.57. The van der Waals surface area contributed by atoms with E-state index in [4.69, 9.17) is 15.9 Å². The fourth-order valence-corrected chi connectivity index (χ4v) is 7.19. The zero-order chi connectivity index (χ0) is 20.1. The molecule has 28 heavy (non-hydrogen) atoms. The number of hydrogen-bond donors (Lipinski definition) is 0. The summed E-state index contributed by atoms with van der Waals surface area (Å²) >= 11 is 0. The number of fused-ring (bicyclic) bond motifs is 4. The fourth-order valence-electron chi connectivity index (χ4n) is 7.19. The van der Waals surface area contributed by atoms with Gasteiger partial charge in [-0.15, -0.1) is 6.42 Å². The molecule has 0 heterocycles. The molecule has 4 nitrogen and oxygen atoms in total. The van der Waals surface area contributed by atoms with Crippen LogP contribution in [0.5, 0.6) is 0 Å². The third kappa shape index (κ3) is 2.90. The van der Waals surface area contributed by atoms with Crippen LogP contribution >= 0.6 is 0 Å². The van der Waals surface area contributed by atoms with Gasteiger partial charge >= 0.3 is 11.9 Å². The molecule has 0 aromatic rings. The number of allylic oxidation sites excluding steroid dienone is 1. The van der Waals surface area contributed by atoms with E-state index in [0.717, 1.165) is 51.4 Å². The molecule has 0 aromatic heterocycles. The predicted molar refractivity (Wildman–Crippen MR) is 106 cm³/mol. The Morgan fingerprint density at radius 3 is 2.54 bits per heavy atom. The first kappa shape index (κ1) is 19.6. The van der Waals surface area contributed by atoms with Gasteiger partial charge in [0.25, 0.3) is 0 Å². The first-order chi connectivity index (χ1) is 13.3. The molecule has 0 spiro atoms. The molecule has 4 rings (SSSR count). The molecule has 152 valence electrons. The molecule has 0 radical (unpaired) electrons. The quantitative estimate of drug-likeness (QED) is 0.398. The molecule has 1 unspecified atom stereocenters. The zero-order valence-corrected chi connectivity index (χ0v) is 17.4. The van der Waals surface area contributed by atoms with Crippen molar-refractivity contribution in [2.75, 3.05) is 0 Å². The van der Waals surface area contributed by atoms with Crippen LogP contribution in [-0.2, 0) is 19.1 Å². The van der Waals surface area contributed by atoms with Crippen molar-refractivity contribution in [1.29, 1.82) is 0 Å². The van der Waals surface area contributed by atoms with Crippen LogP contribution in [0.15, 0.2) is 11.1 Å². The molecule has 2 saturated carbocycles. The lowest BCUT2D eigenvalue weighted by molar-refractivity contribution is -0.166. The minimum Gasteiger partial charge on any atom is -0.462 e. The number of ether oxygens (including phenoxy) is 2. The third-order valence-electron chi connectivity index (χ3n) is 8.33. The van der Waals surface area contributed by atoms with Crippen LogP contribution in [0.25, 0.3) is 0 Å². The summed E-state index contributed by atoms with van der Waals surface area (Å²) in [5, 5.41) is 0. The summed E-state index contributed by atoms with van der Waals surface area (Å²) in [7, 11) is 0. The molecule has 0 N–H and O–H groups in total. The van der Waals surface area contributed by atoms with E-state index in [0.29, 0.717) is 17.8 Å². The van der Waals surface area contributed by atoms with Crippen LogP contribution < -0.4 is 0 Å². The van der Waals surface area contributed by atoms with E-state index >= 15 is 0 Å². The molecule has 0 saturated heterocycles. The minimum atomic E-state index is -0.740. The second-order valence-electron chi connectivity index (χ2n) is 9.58. The number of carbonyl (C=O) groups excluding carboxylic acids is 2. The van der Waals surface area contributed by atoms with Gasteiger partial charge in [-0.3, -0.25) is 9.59 Å². The Kier molecular flexibility index (Phi) is 4.84.